The summed E-state index contributed by atoms with van der Waals surface area (Å²) in [6, 6.07) is 0. The van der Waals surface area contributed by atoms with Gasteiger partial charge in [-0.15, -0.1) is 6.58 Å². The van der Waals surface area contributed by atoms with E-state index in [2.05, 4.69) is 33.5 Å². The molecule has 0 spiro atoms. The lowest BCUT2D eigenvalue weighted by atomic mass is 10.0. The van der Waals surface area contributed by atoms with Crippen LogP contribution in [0.15, 0.2) is 12.3 Å². The fourth-order valence-corrected chi connectivity index (χ4v) is 3.97. The maximum atomic E-state index is 6.10. The van der Waals surface area contributed by atoms with Crippen molar-refractivity contribution >= 4 is 8.32 Å². The van der Waals surface area contributed by atoms with E-state index < -0.39 is 8.32 Å². The predicted octanol–water partition coefficient (Wildman–Crippen LogP) is 7.02. The molecule has 0 radical (unpaired) electrons. The minimum Gasteiger partial charge on any atom is -0.411 e. The van der Waals surface area contributed by atoms with Crippen LogP contribution in [0.2, 0.25) is 13.1 Å². The molecule has 21 heavy (non-hydrogen) atoms. The Kier molecular flexibility index (Phi) is 13.5. The quantitative estimate of drug-likeness (QED) is 0.233. The van der Waals surface area contributed by atoms with Gasteiger partial charge in [0.2, 0.25) is 8.32 Å². The van der Waals surface area contributed by atoms with Crippen LogP contribution in [0, 0.1) is 0 Å². The second kappa shape index (κ2) is 13.6. The number of hydrogen-bond acceptors (Lipinski definition) is 1. The predicted molar refractivity (Wildman–Crippen MR) is 99.3 cm³/mol. The minimum absolute atomic E-state index is 0.406. The molecule has 0 rings (SSSR count). The maximum Gasteiger partial charge on any atom is 0.210 e. The van der Waals surface area contributed by atoms with Crippen LogP contribution in [-0.4, -0.2) is 14.4 Å². The first-order valence-electron chi connectivity index (χ1n) is 9.33. The van der Waals surface area contributed by atoms with Crippen LogP contribution >= 0.6 is 0 Å². The molecule has 0 aliphatic carbocycles. The lowest BCUT2D eigenvalue weighted by Gasteiger charge is -2.24. The summed E-state index contributed by atoms with van der Waals surface area (Å²) in [5, 5.41) is 0. The molecule has 0 bridgehead atoms. The fourth-order valence-electron chi connectivity index (χ4n) is 2.72. The summed E-state index contributed by atoms with van der Waals surface area (Å²) in [7, 11) is -1.58. The molecule has 0 aromatic carbocycles. The number of hydrogen-bond donors (Lipinski definition) is 0. The van der Waals surface area contributed by atoms with Crippen LogP contribution < -0.4 is 0 Å². The Balaban J connectivity index is 3.27. The molecule has 1 unspecified atom stereocenters. The highest BCUT2D eigenvalue weighted by Gasteiger charge is 2.20. The van der Waals surface area contributed by atoms with Gasteiger partial charge in [0, 0.05) is 6.10 Å². The van der Waals surface area contributed by atoms with Gasteiger partial charge in [-0.3, -0.25) is 0 Å². The monoisotopic (exact) mass is 312 g/mol. The highest BCUT2D eigenvalue weighted by atomic mass is 28.4. The molecule has 0 fully saturated rings. The molecule has 126 valence electrons. The van der Waals surface area contributed by atoms with Crippen molar-refractivity contribution in [1.82, 2.24) is 0 Å². The summed E-state index contributed by atoms with van der Waals surface area (Å²) in [5.41, 5.74) is 2.03. The Bertz CT molecular complexity index is 238. The van der Waals surface area contributed by atoms with Crippen LogP contribution in [0.1, 0.15) is 90.9 Å². The Morgan fingerprint density at radius 2 is 1.29 bits per heavy atom. The van der Waals surface area contributed by atoms with E-state index in [9.17, 15) is 0 Å². The summed E-state index contributed by atoms with van der Waals surface area (Å²) in [6.45, 7) is 12.8. The van der Waals surface area contributed by atoms with Gasteiger partial charge >= 0.3 is 0 Å². The second-order valence-corrected chi connectivity index (χ2v) is 10.9. The van der Waals surface area contributed by atoms with Crippen molar-refractivity contribution in [1.29, 1.82) is 0 Å². The van der Waals surface area contributed by atoms with Crippen molar-refractivity contribution in [2.24, 2.45) is 0 Å². The molecule has 0 aliphatic rings. The van der Waals surface area contributed by atoms with E-state index in [-0.39, 0.29) is 0 Å². The molecular formula is C19H40OSi. The zero-order valence-electron chi connectivity index (χ0n) is 15.3. The average molecular weight is 313 g/mol. The molecular weight excluding hydrogens is 272 g/mol. The molecule has 0 saturated carbocycles. The first kappa shape index (κ1) is 20.9. The van der Waals surface area contributed by atoms with E-state index in [1.165, 1.54) is 77.0 Å². The van der Waals surface area contributed by atoms with Gasteiger partial charge in [0.25, 0.3) is 0 Å². The molecule has 2 heteroatoms. The molecule has 0 aromatic heterocycles. The van der Waals surface area contributed by atoms with Crippen molar-refractivity contribution in [2.75, 3.05) is 0 Å². The highest BCUT2D eigenvalue weighted by molar-refractivity contribution is 6.76. The SMILES string of the molecule is C=C[Si](C)(C)OC(C)CCCCCCCCCCCCC. The second-order valence-electron chi connectivity index (χ2n) is 7.06. The van der Waals surface area contributed by atoms with E-state index >= 15 is 0 Å². The lowest BCUT2D eigenvalue weighted by Crippen LogP contribution is -2.32. The van der Waals surface area contributed by atoms with Gasteiger partial charge in [-0.2, -0.15) is 0 Å². The summed E-state index contributed by atoms with van der Waals surface area (Å²) in [4.78, 5) is 0. The van der Waals surface area contributed by atoms with Gasteiger partial charge in [0.05, 0.1) is 0 Å². The van der Waals surface area contributed by atoms with Gasteiger partial charge in [-0.05, 0) is 26.4 Å². The molecule has 0 heterocycles. The maximum absolute atomic E-state index is 6.10. The molecule has 0 aromatic rings. The Morgan fingerprint density at radius 1 is 0.857 bits per heavy atom. The van der Waals surface area contributed by atoms with Crippen molar-refractivity contribution in [3.8, 4) is 0 Å². The van der Waals surface area contributed by atoms with Crippen LogP contribution in [0.25, 0.3) is 0 Å². The van der Waals surface area contributed by atoms with Crippen molar-refractivity contribution in [2.45, 2.75) is 110 Å². The summed E-state index contributed by atoms with van der Waals surface area (Å²) >= 11 is 0. The number of unbranched alkanes of at least 4 members (excludes halogenated alkanes) is 10. The van der Waals surface area contributed by atoms with Crippen molar-refractivity contribution < 1.29 is 4.43 Å². The smallest absolute Gasteiger partial charge is 0.210 e. The highest BCUT2D eigenvalue weighted by Crippen LogP contribution is 2.16. The number of rotatable bonds is 15. The fraction of sp³-hybridized carbons (Fsp3) is 0.895. The Labute approximate surface area is 135 Å². The topological polar surface area (TPSA) is 9.23 Å². The van der Waals surface area contributed by atoms with Gasteiger partial charge in [0.1, 0.15) is 0 Å². The standard InChI is InChI=1S/C19H40OSi/c1-6-8-9-10-11-12-13-14-15-16-17-18-19(3)20-21(4,5)7-2/h7,19H,2,6,8-18H2,1,3-5H3. The largest absolute Gasteiger partial charge is 0.411 e. The first-order chi connectivity index (χ1) is 10.0. The van der Waals surface area contributed by atoms with Gasteiger partial charge < -0.3 is 4.43 Å². The van der Waals surface area contributed by atoms with E-state index in [1.807, 2.05) is 5.70 Å². The van der Waals surface area contributed by atoms with Gasteiger partial charge in [-0.1, -0.05) is 83.3 Å². The normalized spacial score (nSPS) is 13.3. The molecule has 0 saturated heterocycles. The van der Waals surface area contributed by atoms with E-state index in [0.717, 1.165) is 0 Å². The van der Waals surface area contributed by atoms with Crippen molar-refractivity contribution in [3.05, 3.63) is 12.3 Å². The van der Waals surface area contributed by atoms with Crippen molar-refractivity contribution in [3.63, 3.8) is 0 Å². The van der Waals surface area contributed by atoms with Crippen LogP contribution in [0.5, 0.6) is 0 Å². The zero-order valence-corrected chi connectivity index (χ0v) is 16.3. The summed E-state index contributed by atoms with van der Waals surface area (Å²) in [6.07, 6.45) is 17.1. The Hall–Kier alpha value is -0.0831. The molecule has 0 N–H and O–H groups in total. The van der Waals surface area contributed by atoms with Crippen LogP contribution in [0.3, 0.4) is 0 Å². The lowest BCUT2D eigenvalue weighted by molar-refractivity contribution is 0.201. The minimum atomic E-state index is -1.58. The third-order valence-electron chi connectivity index (χ3n) is 4.21. The summed E-state index contributed by atoms with van der Waals surface area (Å²) in [5.74, 6) is 0. The van der Waals surface area contributed by atoms with E-state index in [1.54, 1.807) is 0 Å². The van der Waals surface area contributed by atoms with Gasteiger partial charge in [-0.25, -0.2) is 0 Å². The van der Waals surface area contributed by atoms with E-state index in [4.69, 9.17) is 4.43 Å². The molecule has 0 amide bonds. The van der Waals surface area contributed by atoms with Crippen LogP contribution in [-0.2, 0) is 4.43 Å². The first-order valence-corrected chi connectivity index (χ1v) is 12.3. The van der Waals surface area contributed by atoms with Gasteiger partial charge in [0.15, 0.2) is 0 Å². The molecule has 1 atom stereocenters. The average Bonchev–Trinajstić information content (AvgIpc) is 2.44. The third kappa shape index (κ3) is 14.6. The zero-order chi connectivity index (χ0) is 16.0. The molecule has 1 nitrogen and oxygen atoms in total. The molecule has 0 aliphatic heterocycles. The Morgan fingerprint density at radius 3 is 1.71 bits per heavy atom. The van der Waals surface area contributed by atoms with Crippen LogP contribution in [0.4, 0.5) is 0 Å². The third-order valence-corrected chi connectivity index (χ3v) is 6.20. The van der Waals surface area contributed by atoms with E-state index in [0.29, 0.717) is 6.10 Å². The summed E-state index contributed by atoms with van der Waals surface area (Å²) < 4.78 is 6.10.